The molecule has 3 atom stereocenters. The third-order valence-corrected chi connectivity index (χ3v) is 4.35. The van der Waals surface area contributed by atoms with Crippen LogP contribution in [0.25, 0.3) is 0 Å². The van der Waals surface area contributed by atoms with E-state index in [0.717, 1.165) is 0 Å². The predicted octanol–water partition coefficient (Wildman–Crippen LogP) is 1.56. The lowest BCUT2D eigenvalue weighted by Crippen LogP contribution is -2.45. The Morgan fingerprint density at radius 2 is 2.18 bits per heavy atom. The van der Waals surface area contributed by atoms with Gasteiger partial charge in [-0.3, -0.25) is 4.79 Å². The number of hydrogen-bond donors (Lipinski definition) is 0. The van der Waals surface area contributed by atoms with Gasteiger partial charge in [0.15, 0.2) is 12.1 Å². The number of fused-ring (bicyclic) bond motifs is 3. The van der Waals surface area contributed by atoms with Gasteiger partial charge in [-0.15, -0.1) is 0 Å². The van der Waals surface area contributed by atoms with Crippen LogP contribution in [0.5, 0.6) is 5.75 Å². The molecule has 0 N–H and O–H groups in total. The Hall–Kier alpha value is -2.75. The van der Waals surface area contributed by atoms with Crippen LogP contribution in [0.2, 0.25) is 0 Å². The van der Waals surface area contributed by atoms with Gasteiger partial charge in [0.05, 0.1) is 31.4 Å². The molecule has 1 aromatic carbocycles. The first-order chi connectivity index (χ1) is 10.5. The average molecular weight is 302 g/mol. The Bertz CT molecular complexity index is 710. The predicted molar refractivity (Wildman–Crippen MR) is 74.2 cm³/mol. The molecule has 0 radical (unpaired) electrons. The fourth-order valence-corrected chi connectivity index (χ4v) is 3.19. The summed E-state index contributed by atoms with van der Waals surface area (Å²) in [4.78, 5) is 25.4. The van der Waals surface area contributed by atoms with E-state index in [2.05, 4.69) is 0 Å². The van der Waals surface area contributed by atoms with Crippen LogP contribution in [-0.2, 0) is 19.7 Å². The van der Waals surface area contributed by atoms with E-state index in [4.69, 9.17) is 14.2 Å². The number of carbonyl (C=O) groups is 2. The number of amides is 1. The van der Waals surface area contributed by atoms with Gasteiger partial charge in [-0.2, -0.15) is 5.26 Å². The zero-order valence-electron chi connectivity index (χ0n) is 12.3. The molecule has 0 unspecified atom stereocenters. The number of hydrogen-bond acceptors (Lipinski definition) is 6. The van der Waals surface area contributed by atoms with Gasteiger partial charge >= 0.3 is 12.1 Å². The number of ether oxygens (including phenoxy) is 3. The van der Waals surface area contributed by atoms with Crippen molar-refractivity contribution in [3.63, 3.8) is 0 Å². The van der Waals surface area contributed by atoms with Crippen LogP contribution in [-0.4, -0.2) is 32.5 Å². The molecule has 1 saturated heterocycles. The first-order valence-corrected chi connectivity index (χ1v) is 6.64. The lowest BCUT2D eigenvalue weighted by atomic mass is 9.74. The molecule has 2 aliphatic heterocycles. The molecule has 7 heteroatoms. The maximum atomic E-state index is 12.1. The highest BCUT2D eigenvalue weighted by Crippen LogP contribution is 2.54. The first kappa shape index (κ1) is 14.2. The maximum Gasteiger partial charge on any atom is 0.417 e. The highest BCUT2D eigenvalue weighted by Gasteiger charge is 2.64. The summed E-state index contributed by atoms with van der Waals surface area (Å²) in [5.74, 6) is -1.07. The van der Waals surface area contributed by atoms with Crippen LogP contribution in [0.3, 0.4) is 0 Å². The topological polar surface area (TPSA) is 88.9 Å². The third kappa shape index (κ3) is 1.55. The second-order valence-electron chi connectivity index (χ2n) is 5.36. The number of methoxy groups -OCH3 is 2. The van der Waals surface area contributed by atoms with Gasteiger partial charge in [-0.05, 0) is 30.7 Å². The summed E-state index contributed by atoms with van der Waals surface area (Å²) >= 11 is 0. The molecule has 7 nitrogen and oxygen atoms in total. The number of carbonyl (C=O) groups excluding carboxylic acids is 2. The number of esters is 1. The van der Waals surface area contributed by atoms with Gasteiger partial charge in [-0.25, -0.2) is 9.69 Å². The molecule has 0 spiro atoms. The van der Waals surface area contributed by atoms with Crippen molar-refractivity contribution in [1.29, 1.82) is 5.26 Å². The Morgan fingerprint density at radius 3 is 2.77 bits per heavy atom. The van der Waals surface area contributed by atoms with Crippen LogP contribution >= 0.6 is 0 Å². The molecule has 0 aliphatic carbocycles. The normalized spacial score (nSPS) is 28.5. The summed E-state index contributed by atoms with van der Waals surface area (Å²) in [6.07, 6.45) is -1.55. The van der Waals surface area contributed by atoms with Gasteiger partial charge in [0.2, 0.25) is 0 Å². The molecule has 0 bridgehead atoms. The fourth-order valence-electron chi connectivity index (χ4n) is 3.19. The SMILES string of the molecule is COC(=O)N1c2ccc(OC)cc2[C@@]2(C)[C@@H]1OC(=O)[C@@H]2C#N. The minimum atomic E-state index is -1.00. The summed E-state index contributed by atoms with van der Waals surface area (Å²) in [6, 6.07) is 7.10. The van der Waals surface area contributed by atoms with Crippen LogP contribution in [0.4, 0.5) is 10.5 Å². The van der Waals surface area contributed by atoms with Gasteiger partial charge in [-0.1, -0.05) is 0 Å². The molecule has 1 aromatic rings. The van der Waals surface area contributed by atoms with E-state index < -0.39 is 29.6 Å². The van der Waals surface area contributed by atoms with E-state index in [9.17, 15) is 14.9 Å². The van der Waals surface area contributed by atoms with E-state index in [1.807, 2.05) is 6.07 Å². The van der Waals surface area contributed by atoms with Crippen molar-refractivity contribution in [3.8, 4) is 11.8 Å². The van der Waals surface area contributed by atoms with E-state index in [0.29, 0.717) is 17.0 Å². The summed E-state index contributed by atoms with van der Waals surface area (Å²) in [5.41, 5.74) is 0.233. The van der Waals surface area contributed by atoms with Crippen LogP contribution in [0, 0.1) is 17.2 Å². The summed E-state index contributed by atoms with van der Waals surface area (Å²) in [7, 11) is 2.77. The van der Waals surface area contributed by atoms with Crippen molar-refractivity contribution in [2.24, 2.45) is 5.92 Å². The molecule has 1 fully saturated rings. The Morgan fingerprint density at radius 1 is 1.45 bits per heavy atom. The zero-order chi connectivity index (χ0) is 16.1. The number of anilines is 1. The van der Waals surface area contributed by atoms with E-state index in [-0.39, 0.29) is 0 Å². The lowest BCUT2D eigenvalue weighted by Gasteiger charge is -2.26. The fraction of sp³-hybridized carbons (Fsp3) is 0.400. The second kappa shape index (κ2) is 4.63. The minimum Gasteiger partial charge on any atom is -0.497 e. The van der Waals surface area contributed by atoms with Gasteiger partial charge < -0.3 is 14.2 Å². The van der Waals surface area contributed by atoms with Crippen LogP contribution in [0.15, 0.2) is 18.2 Å². The number of nitriles is 1. The van der Waals surface area contributed by atoms with Crippen molar-refractivity contribution >= 4 is 17.7 Å². The molecule has 3 rings (SSSR count). The van der Waals surface area contributed by atoms with Crippen LogP contribution < -0.4 is 9.64 Å². The summed E-state index contributed by atoms with van der Waals surface area (Å²) in [6.45, 7) is 1.73. The smallest absolute Gasteiger partial charge is 0.417 e. The van der Waals surface area contributed by atoms with Crippen molar-refractivity contribution in [1.82, 2.24) is 0 Å². The first-order valence-electron chi connectivity index (χ1n) is 6.64. The minimum absolute atomic E-state index is 0.549. The van der Waals surface area contributed by atoms with E-state index in [1.54, 1.807) is 25.1 Å². The molecule has 0 saturated carbocycles. The Labute approximate surface area is 127 Å². The van der Waals surface area contributed by atoms with Gasteiger partial charge in [0, 0.05) is 0 Å². The van der Waals surface area contributed by atoms with Gasteiger partial charge in [0.1, 0.15) is 5.75 Å². The zero-order valence-corrected chi connectivity index (χ0v) is 12.3. The number of benzene rings is 1. The van der Waals surface area contributed by atoms with Crippen molar-refractivity contribution in [2.45, 2.75) is 18.6 Å². The molecule has 22 heavy (non-hydrogen) atoms. The number of rotatable bonds is 1. The van der Waals surface area contributed by atoms with Crippen molar-refractivity contribution in [2.75, 3.05) is 19.1 Å². The van der Waals surface area contributed by atoms with Crippen molar-refractivity contribution < 1.29 is 23.8 Å². The molecular formula is C15H14N2O5. The van der Waals surface area contributed by atoms with E-state index >= 15 is 0 Å². The molecule has 0 aromatic heterocycles. The molecule has 2 aliphatic rings. The highest BCUT2D eigenvalue weighted by atomic mass is 16.6. The standard InChI is InChI=1S/C15H14N2O5/c1-15-9-6-8(20-2)4-5-11(9)17(14(19)21-3)13(15)22-12(18)10(15)7-16/h4-6,10,13H,1-3H3/t10-,13-,15+/m0/s1. The Kier molecular flexibility index (Phi) is 2.99. The largest absolute Gasteiger partial charge is 0.497 e. The van der Waals surface area contributed by atoms with Crippen LogP contribution in [0.1, 0.15) is 12.5 Å². The van der Waals surface area contributed by atoms with Gasteiger partial charge in [0.25, 0.3) is 0 Å². The third-order valence-electron chi connectivity index (χ3n) is 4.35. The number of nitrogens with zero attached hydrogens (tertiary/aromatic N) is 2. The van der Waals surface area contributed by atoms with E-state index in [1.165, 1.54) is 19.1 Å². The second-order valence-corrected chi connectivity index (χ2v) is 5.36. The maximum absolute atomic E-state index is 12.1. The molecule has 114 valence electrons. The van der Waals surface area contributed by atoms with Crippen molar-refractivity contribution in [3.05, 3.63) is 23.8 Å². The quantitative estimate of drug-likeness (QED) is 0.731. The lowest BCUT2D eigenvalue weighted by molar-refractivity contribution is -0.142. The molecule has 2 heterocycles. The molecule has 1 amide bonds. The summed E-state index contributed by atoms with van der Waals surface area (Å²) < 4.78 is 15.3. The monoisotopic (exact) mass is 302 g/mol. The Balaban J connectivity index is 2.24. The highest BCUT2D eigenvalue weighted by molar-refractivity contribution is 5.96. The summed E-state index contributed by atoms with van der Waals surface area (Å²) in [5, 5.41) is 9.37. The molecular weight excluding hydrogens is 288 g/mol. The average Bonchev–Trinajstić information content (AvgIpc) is 2.91.